The number of hydrogen-bond donors (Lipinski definition) is 2. The third kappa shape index (κ3) is 4.49. The second-order valence-corrected chi connectivity index (χ2v) is 7.39. The van der Waals surface area contributed by atoms with Gasteiger partial charge in [0.25, 0.3) is 0 Å². The number of rotatable bonds is 6. The van der Waals surface area contributed by atoms with Gasteiger partial charge in [-0.1, -0.05) is 13.3 Å². The average molecular weight is 420 g/mol. The van der Waals surface area contributed by atoms with Crippen LogP contribution in [0.1, 0.15) is 51.9 Å². The molecule has 128 valence electrons. The van der Waals surface area contributed by atoms with Crippen LogP contribution in [0.5, 0.6) is 0 Å². The highest BCUT2D eigenvalue weighted by atomic mass is 127. The van der Waals surface area contributed by atoms with Crippen molar-refractivity contribution in [3.63, 3.8) is 0 Å². The third-order valence-electron chi connectivity index (χ3n) is 5.96. The maximum Gasteiger partial charge on any atom is 0.191 e. The molecule has 2 N–H and O–H groups in total. The molecular weight excluding hydrogens is 387 g/mol. The Balaban J connectivity index is 0.00000176. The number of nitrogens with zero attached hydrogens (tertiary/aromatic N) is 2. The zero-order valence-electron chi connectivity index (χ0n) is 14.2. The second kappa shape index (κ2) is 8.18. The lowest BCUT2D eigenvalue weighted by Crippen LogP contribution is -2.47. The van der Waals surface area contributed by atoms with Crippen LogP contribution in [0.15, 0.2) is 4.99 Å². The second-order valence-electron chi connectivity index (χ2n) is 7.39. The predicted molar refractivity (Wildman–Crippen MR) is 104 cm³/mol. The Morgan fingerprint density at radius 3 is 2.55 bits per heavy atom. The topological polar surface area (TPSA) is 39.7 Å². The maximum absolute atomic E-state index is 4.39. The van der Waals surface area contributed by atoms with Crippen LogP contribution in [-0.2, 0) is 0 Å². The lowest BCUT2D eigenvalue weighted by molar-refractivity contribution is 0.131. The fourth-order valence-corrected chi connectivity index (χ4v) is 3.87. The van der Waals surface area contributed by atoms with E-state index in [2.05, 4.69) is 27.4 Å². The number of guanidine groups is 1. The van der Waals surface area contributed by atoms with Gasteiger partial charge in [0, 0.05) is 32.7 Å². The summed E-state index contributed by atoms with van der Waals surface area (Å²) in [5.41, 5.74) is 0.549. The Bertz CT molecular complexity index is 371. The van der Waals surface area contributed by atoms with Gasteiger partial charge < -0.3 is 15.5 Å². The molecule has 0 radical (unpaired) electrons. The van der Waals surface area contributed by atoms with Gasteiger partial charge in [-0.25, -0.2) is 0 Å². The van der Waals surface area contributed by atoms with E-state index in [1.54, 1.807) is 0 Å². The average Bonchev–Trinajstić information content (AvgIpc) is 3.21. The first-order valence-corrected chi connectivity index (χ1v) is 8.93. The summed E-state index contributed by atoms with van der Waals surface area (Å²) in [7, 11) is 1.89. The Labute approximate surface area is 152 Å². The molecule has 3 rings (SSSR count). The predicted octanol–water partition coefficient (Wildman–Crippen LogP) is 2.83. The van der Waals surface area contributed by atoms with Crippen LogP contribution >= 0.6 is 24.0 Å². The van der Waals surface area contributed by atoms with Crippen LogP contribution < -0.4 is 10.6 Å². The van der Waals surface area contributed by atoms with E-state index >= 15 is 0 Å². The van der Waals surface area contributed by atoms with E-state index in [0.29, 0.717) is 5.41 Å². The number of nitrogens with one attached hydrogen (secondary N) is 2. The van der Waals surface area contributed by atoms with Crippen molar-refractivity contribution in [1.29, 1.82) is 0 Å². The first-order valence-electron chi connectivity index (χ1n) is 8.93. The van der Waals surface area contributed by atoms with E-state index in [1.807, 2.05) is 7.05 Å². The Morgan fingerprint density at radius 1 is 1.23 bits per heavy atom. The molecule has 0 bridgehead atoms. The van der Waals surface area contributed by atoms with Crippen molar-refractivity contribution in [2.75, 3.05) is 33.2 Å². The number of halogens is 1. The van der Waals surface area contributed by atoms with Crippen LogP contribution in [0, 0.1) is 11.3 Å². The summed E-state index contributed by atoms with van der Waals surface area (Å²) in [6.07, 6.45) is 9.67. The molecule has 4 nitrogen and oxygen atoms in total. The molecule has 2 saturated carbocycles. The van der Waals surface area contributed by atoms with Gasteiger partial charge in [-0.05, 0) is 56.4 Å². The highest BCUT2D eigenvalue weighted by Crippen LogP contribution is 2.43. The van der Waals surface area contributed by atoms with E-state index in [-0.39, 0.29) is 24.0 Å². The minimum absolute atomic E-state index is 0. The van der Waals surface area contributed by atoms with Crippen LogP contribution in [0.2, 0.25) is 0 Å². The summed E-state index contributed by atoms with van der Waals surface area (Å²) in [6, 6.07) is 0.926. The van der Waals surface area contributed by atoms with Crippen LogP contribution in [0.25, 0.3) is 0 Å². The van der Waals surface area contributed by atoms with Gasteiger partial charge in [0.05, 0.1) is 0 Å². The Kier molecular flexibility index (Phi) is 6.80. The zero-order chi connectivity index (χ0) is 14.7. The molecule has 5 heteroatoms. The van der Waals surface area contributed by atoms with Gasteiger partial charge in [0.15, 0.2) is 5.96 Å². The van der Waals surface area contributed by atoms with Gasteiger partial charge in [-0.15, -0.1) is 24.0 Å². The highest BCUT2D eigenvalue weighted by molar-refractivity contribution is 14.0. The molecule has 1 atom stereocenters. The number of hydrogen-bond acceptors (Lipinski definition) is 2. The summed E-state index contributed by atoms with van der Waals surface area (Å²) in [6.45, 7) is 7.07. The zero-order valence-corrected chi connectivity index (χ0v) is 16.6. The Hall–Kier alpha value is -0.0400. The summed E-state index contributed by atoms with van der Waals surface area (Å²) in [5, 5.41) is 7.11. The molecule has 1 saturated heterocycles. The lowest BCUT2D eigenvalue weighted by Gasteiger charge is -2.41. The molecule has 3 aliphatic rings. The van der Waals surface area contributed by atoms with E-state index in [9.17, 15) is 0 Å². The minimum Gasteiger partial charge on any atom is -0.356 e. The molecule has 0 aromatic carbocycles. The number of likely N-dealkylation sites (tertiary alicyclic amines) is 1. The smallest absolute Gasteiger partial charge is 0.191 e. The van der Waals surface area contributed by atoms with E-state index < -0.39 is 0 Å². The van der Waals surface area contributed by atoms with Crippen LogP contribution in [0.3, 0.4) is 0 Å². The summed E-state index contributed by atoms with van der Waals surface area (Å²) in [4.78, 5) is 7.08. The van der Waals surface area contributed by atoms with Gasteiger partial charge in [0.1, 0.15) is 0 Å². The molecule has 2 aliphatic carbocycles. The van der Waals surface area contributed by atoms with Crippen molar-refractivity contribution in [2.45, 2.75) is 57.9 Å². The monoisotopic (exact) mass is 420 g/mol. The number of aliphatic imine (C=N–C) groups is 1. The van der Waals surface area contributed by atoms with Crippen molar-refractivity contribution in [3.8, 4) is 0 Å². The lowest BCUT2D eigenvalue weighted by atomic mass is 9.67. The minimum atomic E-state index is 0. The molecule has 0 aromatic heterocycles. The first kappa shape index (κ1) is 18.3. The maximum atomic E-state index is 4.39. The van der Waals surface area contributed by atoms with Gasteiger partial charge in [-0.2, -0.15) is 0 Å². The Morgan fingerprint density at radius 2 is 2.00 bits per heavy atom. The van der Waals surface area contributed by atoms with Crippen LogP contribution in [-0.4, -0.2) is 50.1 Å². The van der Waals surface area contributed by atoms with E-state index in [4.69, 9.17) is 0 Å². The summed E-state index contributed by atoms with van der Waals surface area (Å²) in [5.74, 6) is 1.80. The van der Waals surface area contributed by atoms with Crippen molar-refractivity contribution >= 4 is 29.9 Å². The highest BCUT2D eigenvalue weighted by Gasteiger charge is 2.35. The first-order chi connectivity index (χ1) is 10.2. The van der Waals surface area contributed by atoms with Crippen molar-refractivity contribution < 1.29 is 0 Å². The van der Waals surface area contributed by atoms with E-state index in [0.717, 1.165) is 31.0 Å². The van der Waals surface area contributed by atoms with Crippen molar-refractivity contribution in [1.82, 2.24) is 15.5 Å². The molecule has 1 unspecified atom stereocenters. The summed E-state index contributed by atoms with van der Waals surface area (Å²) < 4.78 is 0. The molecule has 1 heterocycles. The van der Waals surface area contributed by atoms with E-state index in [1.165, 1.54) is 58.0 Å². The molecule has 0 spiro atoms. The van der Waals surface area contributed by atoms with Gasteiger partial charge >= 0.3 is 0 Å². The molecule has 0 amide bonds. The fraction of sp³-hybridized carbons (Fsp3) is 0.941. The quantitative estimate of drug-likeness (QED) is 0.395. The van der Waals surface area contributed by atoms with Crippen LogP contribution in [0.4, 0.5) is 0 Å². The third-order valence-corrected chi connectivity index (χ3v) is 5.96. The molecule has 3 fully saturated rings. The van der Waals surface area contributed by atoms with Crippen molar-refractivity contribution in [3.05, 3.63) is 0 Å². The normalized spacial score (nSPS) is 27.9. The molecular formula is C17H33IN4. The van der Waals surface area contributed by atoms with Gasteiger partial charge in [0.2, 0.25) is 0 Å². The largest absolute Gasteiger partial charge is 0.356 e. The molecule has 1 aliphatic heterocycles. The van der Waals surface area contributed by atoms with Crippen molar-refractivity contribution in [2.24, 2.45) is 16.3 Å². The standard InChI is InChI=1S/C17H32N4.HI/c1-3-17(8-4-9-17)13-20-16(18-2)19-11-14-7-10-21(12-14)15-5-6-15;/h14-15H,3-13H2,1-2H3,(H2,18,19,20);1H. The van der Waals surface area contributed by atoms with Gasteiger partial charge in [-0.3, -0.25) is 4.99 Å². The fourth-order valence-electron chi connectivity index (χ4n) is 3.87. The summed E-state index contributed by atoms with van der Waals surface area (Å²) >= 11 is 0. The SMILES string of the molecule is CCC1(CNC(=NC)NCC2CCN(C3CC3)C2)CCC1.I. The molecule has 0 aromatic rings. The molecule has 22 heavy (non-hydrogen) atoms.